The van der Waals surface area contributed by atoms with Crippen LogP contribution in [0.4, 0.5) is 4.79 Å². The fourth-order valence-corrected chi connectivity index (χ4v) is 5.47. The number of amides is 1. The van der Waals surface area contributed by atoms with Crippen molar-refractivity contribution in [1.82, 2.24) is 19.8 Å². The van der Waals surface area contributed by atoms with E-state index >= 15 is 0 Å². The molecule has 150 valence electrons. The Morgan fingerprint density at radius 1 is 1.23 bits per heavy atom. The van der Waals surface area contributed by atoms with Crippen LogP contribution >= 0.6 is 11.8 Å². The van der Waals surface area contributed by atoms with E-state index < -0.39 is 10.0 Å². The first-order valence-corrected chi connectivity index (χ1v) is 11.6. The number of thioether (sulfide) groups is 1. The molecule has 2 N–H and O–H groups in total. The highest BCUT2D eigenvalue weighted by atomic mass is 32.2. The van der Waals surface area contributed by atoms with Crippen molar-refractivity contribution in [2.24, 2.45) is 4.99 Å². The molecule has 0 aromatic rings. The van der Waals surface area contributed by atoms with Gasteiger partial charge in [-0.25, -0.2) is 17.5 Å². The van der Waals surface area contributed by atoms with E-state index in [1.165, 1.54) is 7.11 Å². The maximum atomic E-state index is 12.3. The number of piperidine rings is 1. The van der Waals surface area contributed by atoms with Crippen LogP contribution in [0.1, 0.15) is 12.8 Å². The van der Waals surface area contributed by atoms with Crippen molar-refractivity contribution in [3.05, 3.63) is 0 Å². The molecule has 2 heterocycles. The van der Waals surface area contributed by atoms with E-state index in [-0.39, 0.29) is 17.9 Å². The van der Waals surface area contributed by atoms with Gasteiger partial charge in [0.1, 0.15) is 0 Å². The lowest BCUT2D eigenvalue weighted by molar-refractivity contribution is 0.111. The Hall–Kier alpha value is -1.20. The van der Waals surface area contributed by atoms with Gasteiger partial charge in [-0.15, -0.1) is 0 Å². The zero-order valence-corrected chi connectivity index (χ0v) is 17.1. The smallest absolute Gasteiger partial charge is 0.409 e. The number of guanidine groups is 1. The van der Waals surface area contributed by atoms with Gasteiger partial charge in [0.15, 0.2) is 5.96 Å². The quantitative estimate of drug-likeness (QED) is 0.479. The fourth-order valence-electron chi connectivity index (χ4n) is 2.98. The molecule has 9 nitrogen and oxygen atoms in total. The zero-order chi connectivity index (χ0) is 19.0. The number of ether oxygens (including phenoxy) is 1. The van der Waals surface area contributed by atoms with Crippen LogP contribution in [-0.4, -0.2) is 99.9 Å². The summed E-state index contributed by atoms with van der Waals surface area (Å²) in [5, 5.41) is 6.38. The minimum absolute atomic E-state index is 0.0547. The maximum absolute atomic E-state index is 12.3. The van der Waals surface area contributed by atoms with Gasteiger partial charge in [-0.2, -0.15) is 11.8 Å². The van der Waals surface area contributed by atoms with Crippen molar-refractivity contribution in [3.8, 4) is 0 Å². The topological polar surface area (TPSA) is 103 Å². The number of nitrogens with zero attached hydrogens (tertiary/aromatic N) is 3. The third-order valence-corrected chi connectivity index (χ3v) is 7.32. The van der Waals surface area contributed by atoms with Crippen molar-refractivity contribution in [2.45, 2.75) is 18.9 Å². The number of nitrogens with one attached hydrogen (secondary N) is 2. The molecule has 0 atom stereocenters. The van der Waals surface area contributed by atoms with Crippen molar-refractivity contribution in [2.75, 3.05) is 64.1 Å². The van der Waals surface area contributed by atoms with E-state index in [0.29, 0.717) is 38.7 Å². The second-order valence-electron chi connectivity index (χ2n) is 6.20. The van der Waals surface area contributed by atoms with Gasteiger partial charge in [-0.1, -0.05) is 0 Å². The third kappa shape index (κ3) is 6.20. The number of carbonyl (C=O) groups excluding carboxylic acids is 1. The summed E-state index contributed by atoms with van der Waals surface area (Å²) in [6.07, 6.45) is 1.28. The number of sulfonamides is 1. The highest BCUT2D eigenvalue weighted by Gasteiger charge is 2.25. The van der Waals surface area contributed by atoms with Gasteiger partial charge in [0.25, 0.3) is 0 Å². The molecular weight excluding hydrogens is 378 g/mol. The first-order valence-electron chi connectivity index (χ1n) is 8.82. The van der Waals surface area contributed by atoms with Crippen LogP contribution in [0.15, 0.2) is 4.99 Å². The molecule has 0 spiro atoms. The van der Waals surface area contributed by atoms with E-state index in [1.807, 2.05) is 0 Å². The highest BCUT2D eigenvalue weighted by molar-refractivity contribution is 7.99. The molecule has 2 rings (SSSR count). The predicted molar refractivity (Wildman–Crippen MR) is 104 cm³/mol. The van der Waals surface area contributed by atoms with Crippen molar-refractivity contribution < 1.29 is 17.9 Å². The summed E-state index contributed by atoms with van der Waals surface area (Å²) < 4.78 is 31.0. The van der Waals surface area contributed by atoms with E-state index in [9.17, 15) is 13.2 Å². The number of rotatable bonds is 5. The SMILES string of the molecule is CN=C(NCCS(=O)(=O)N1CCSCC1)NC1CCN(C(=O)OC)CC1. The van der Waals surface area contributed by atoms with Crippen molar-refractivity contribution in [3.63, 3.8) is 0 Å². The summed E-state index contributed by atoms with van der Waals surface area (Å²) in [6.45, 7) is 2.76. The normalized spacial score (nSPS) is 20.7. The molecule has 2 aliphatic heterocycles. The van der Waals surface area contributed by atoms with Gasteiger partial charge in [0.2, 0.25) is 10.0 Å². The van der Waals surface area contributed by atoms with Crippen LogP contribution in [-0.2, 0) is 14.8 Å². The number of hydrogen-bond donors (Lipinski definition) is 2. The van der Waals surface area contributed by atoms with Crippen LogP contribution in [0.3, 0.4) is 0 Å². The van der Waals surface area contributed by atoms with E-state index in [1.54, 1.807) is 28.0 Å². The average Bonchev–Trinajstić information content (AvgIpc) is 2.67. The number of aliphatic imine (C=N–C) groups is 1. The first-order chi connectivity index (χ1) is 12.5. The summed E-state index contributed by atoms with van der Waals surface area (Å²) in [5.41, 5.74) is 0. The molecular formula is C15H29N5O4S2. The molecule has 0 saturated carbocycles. The molecule has 26 heavy (non-hydrogen) atoms. The van der Waals surface area contributed by atoms with Crippen LogP contribution in [0.25, 0.3) is 0 Å². The highest BCUT2D eigenvalue weighted by Crippen LogP contribution is 2.13. The Morgan fingerprint density at radius 2 is 1.88 bits per heavy atom. The predicted octanol–water partition coefficient (Wildman–Crippen LogP) is -0.239. The average molecular weight is 408 g/mol. The standard InChI is InChI=1S/C15H29N5O4S2/c1-16-14(18-13-3-6-19(7-4-13)15(21)24-2)17-5-12-26(22,23)20-8-10-25-11-9-20/h13H,3-12H2,1-2H3,(H2,16,17,18). The van der Waals surface area contributed by atoms with Crippen LogP contribution < -0.4 is 10.6 Å². The summed E-state index contributed by atoms with van der Waals surface area (Å²) >= 11 is 1.79. The number of likely N-dealkylation sites (tertiary alicyclic amines) is 1. The molecule has 1 amide bonds. The summed E-state index contributed by atoms with van der Waals surface area (Å²) in [7, 11) is -0.177. The van der Waals surface area contributed by atoms with E-state index in [4.69, 9.17) is 4.74 Å². The largest absolute Gasteiger partial charge is 0.453 e. The Balaban J connectivity index is 1.72. The fraction of sp³-hybridized carbons (Fsp3) is 0.867. The number of methoxy groups -OCH3 is 1. The molecule has 0 aromatic carbocycles. The Labute approximate surface area is 160 Å². The van der Waals surface area contributed by atoms with Gasteiger partial charge in [-0.3, -0.25) is 4.99 Å². The molecule has 2 fully saturated rings. The molecule has 2 aliphatic rings. The van der Waals surface area contributed by atoms with Gasteiger partial charge < -0.3 is 20.3 Å². The van der Waals surface area contributed by atoms with Crippen molar-refractivity contribution in [1.29, 1.82) is 0 Å². The minimum atomic E-state index is -3.22. The Bertz CT molecular complexity index is 585. The Kier molecular flexibility index (Phi) is 8.29. The molecule has 0 radical (unpaired) electrons. The molecule has 0 aromatic heterocycles. The lowest BCUT2D eigenvalue weighted by Gasteiger charge is -2.32. The molecule has 2 saturated heterocycles. The maximum Gasteiger partial charge on any atom is 0.409 e. The molecule has 11 heteroatoms. The summed E-state index contributed by atoms with van der Waals surface area (Å²) in [6, 6.07) is 0.192. The van der Waals surface area contributed by atoms with Gasteiger partial charge in [-0.05, 0) is 12.8 Å². The minimum Gasteiger partial charge on any atom is -0.453 e. The van der Waals surface area contributed by atoms with Gasteiger partial charge >= 0.3 is 6.09 Å². The van der Waals surface area contributed by atoms with Crippen molar-refractivity contribution >= 4 is 33.8 Å². The van der Waals surface area contributed by atoms with Crippen LogP contribution in [0.5, 0.6) is 0 Å². The molecule has 0 unspecified atom stereocenters. The second-order valence-corrected chi connectivity index (χ2v) is 9.52. The van der Waals surface area contributed by atoms with E-state index in [0.717, 1.165) is 24.3 Å². The monoisotopic (exact) mass is 407 g/mol. The van der Waals surface area contributed by atoms with Crippen LogP contribution in [0.2, 0.25) is 0 Å². The summed E-state index contributed by atoms with van der Waals surface area (Å²) in [5.74, 6) is 2.37. The Morgan fingerprint density at radius 3 is 2.46 bits per heavy atom. The third-order valence-electron chi connectivity index (χ3n) is 4.51. The molecule has 0 aliphatic carbocycles. The van der Waals surface area contributed by atoms with E-state index in [2.05, 4.69) is 15.6 Å². The number of carbonyl (C=O) groups is 1. The number of hydrogen-bond acceptors (Lipinski definition) is 6. The van der Waals surface area contributed by atoms with Gasteiger partial charge in [0.05, 0.1) is 12.9 Å². The lowest BCUT2D eigenvalue weighted by atomic mass is 10.1. The molecule has 0 bridgehead atoms. The van der Waals surface area contributed by atoms with Gasteiger partial charge in [0, 0.05) is 57.3 Å². The van der Waals surface area contributed by atoms with Crippen LogP contribution in [0, 0.1) is 0 Å². The zero-order valence-electron chi connectivity index (χ0n) is 15.4. The summed E-state index contributed by atoms with van der Waals surface area (Å²) in [4.78, 5) is 17.3. The first kappa shape index (κ1) is 21.1. The second kappa shape index (κ2) is 10.2. The lowest BCUT2D eigenvalue weighted by Crippen LogP contribution is -2.50.